The summed E-state index contributed by atoms with van der Waals surface area (Å²) in [6.07, 6.45) is 2.20. The van der Waals surface area contributed by atoms with Gasteiger partial charge in [0.05, 0.1) is 16.3 Å². The Bertz CT molecular complexity index is 641. The molecular formula is C12H14ClN5O2. The van der Waals surface area contributed by atoms with Gasteiger partial charge in [0.2, 0.25) is 0 Å². The van der Waals surface area contributed by atoms with E-state index in [1.165, 1.54) is 12.1 Å². The van der Waals surface area contributed by atoms with Crippen LogP contribution in [0.3, 0.4) is 0 Å². The van der Waals surface area contributed by atoms with E-state index in [1.807, 2.05) is 7.05 Å². The van der Waals surface area contributed by atoms with Gasteiger partial charge < -0.3 is 20.7 Å². The highest BCUT2D eigenvalue weighted by atomic mass is 35.5. The quantitative estimate of drug-likeness (QED) is 0.720. The zero-order valence-electron chi connectivity index (χ0n) is 10.8. The first-order valence-corrected chi connectivity index (χ1v) is 6.26. The fraction of sp³-hybridized carbons (Fsp3) is 0.250. The number of rotatable bonds is 5. The first-order chi connectivity index (χ1) is 9.49. The summed E-state index contributed by atoms with van der Waals surface area (Å²) in [7, 11) is 1.84. The van der Waals surface area contributed by atoms with E-state index < -0.39 is 5.97 Å². The average Bonchev–Trinajstić information content (AvgIpc) is 2.77. The largest absolute Gasteiger partial charge is 0.478 e. The Hall–Kier alpha value is -2.28. The molecular weight excluding hydrogens is 282 g/mol. The number of nitrogens with two attached hydrogens (primary N) is 1. The third-order valence-corrected chi connectivity index (χ3v) is 3.10. The summed E-state index contributed by atoms with van der Waals surface area (Å²) in [4.78, 5) is 11.2. The molecule has 2 rings (SSSR count). The first-order valence-electron chi connectivity index (χ1n) is 5.88. The Morgan fingerprint density at radius 3 is 2.90 bits per heavy atom. The van der Waals surface area contributed by atoms with E-state index >= 15 is 0 Å². The van der Waals surface area contributed by atoms with E-state index in [-0.39, 0.29) is 10.6 Å². The summed E-state index contributed by atoms with van der Waals surface area (Å²) >= 11 is 6.03. The third kappa shape index (κ3) is 3.00. The molecule has 1 heterocycles. The molecule has 0 saturated heterocycles. The van der Waals surface area contributed by atoms with Crippen molar-refractivity contribution in [2.45, 2.75) is 6.42 Å². The minimum absolute atomic E-state index is 0.0490. The van der Waals surface area contributed by atoms with Crippen LogP contribution in [-0.2, 0) is 13.5 Å². The molecule has 20 heavy (non-hydrogen) atoms. The number of aromatic carboxylic acids is 1. The SMILES string of the molecule is Cn1cnnc1CCNc1c(Cl)cc(N)cc1C(=O)O. The number of halogens is 1. The fourth-order valence-electron chi connectivity index (χ4n) is 1.81. The fourth-order valence-corrected chi connectivity index (χ4v) is 2.10. The number of carbonyl (C=O) groups is 1. The summed E-state index contributed by atoms with van der Waals surface area (Å²) in [5, 5.41) is 20.2. The van der Waals surface area contributed by atoms with Crippen LogP contribution in [0.1, 0.15) is 16.2 Å². The maximum atomic E-state index is 11.2. The predicted octanol–water partition coefficient (Wildman–Crippen LogP) is 1.40. The molecule has 8 heteroatoms. The number of carboxylic acid groups (broad SMARTS) is 1. The van der Waals surface area contributed by atoms with Gasteiger partial charge in [0, 0.05) is 25.7 Å². The van der Waals surface area contributed by atoms with Crippen LogP contribution in [0.5, 0.6) is 0 Å². The molecule has 0 unspecified atom stereocenters. The maximum Gasteiger partial charge on any atom is 0.337 e. The molecule has 0 aliphatic carbocycles. The maximum absolute atomic E-state index is 11.2. The monoisotopic (exact) mass is 295 g/mol. The van der Waals surface area contributed by atoms with Gasteiger partial charge in [0.15, 0.2) is 0 Å². The van der Waals surface area contributed by atoms with Crippen LogP contribution in [-0.4, -0.2) is 32.4 Å². The summed E-state index contributed by atoms with van der Waals surface area (Å²) in [5.74, 6) is -0.290. The molecule has 106 valence electrons. The lowest BCUT2D eigenvalue weighted by atomic mass is 10.1. The van der Waals surface area contributed by atoms with Crippen molar-refractivity contribution in [3.8, 4) is 0 Å². The van der Waals surface area contributed by atoms with Gasteiger partial charge in [-0.05, 0) is 12.1 Å². The molecule has 0 saturated carbocycles. The number of anilines is 2. The molecule has 0 aliphatic heterocycles. The molecule has 0 radical (unpaired) electrons. The Morgan fingerprint density at radius 2 is 2.30 bits per heavy atom. The van der Waals surface area contributed by atoms with Crippen molar-refractivity contribution in [1.29, 1.82) is 0 Å². The lowest BCUT2D eigenvalue weighted by Gasteiger charge is -2.12. The van der Waals surface area contributed by atoms with Crippen LogP contribution < -0.4 is 11.1 Å². The molecule has 0 bridgehead atoms. The van der Waals surface area contributed by atoms with Crippen LogP contribution in [0.4, 0.5) is 11.4 Å². The van der Waals surface area contributed by atoms with Crippen LogP contribution in [0.25, 0.3) is 0 Å². The topological polar surface area (TPSA) is 106 Å². The van der Waals surface area contributed by atoms with Crippen LogP contribution in [0.2, 0.25) is 5.02 Å². The summed E-state index contributed by atoms with van der Waals surface area (Å²) < 4.78 is 1.80. The van der Waals surface area contributed by atoms with Crippen LogP contribution in [0.15, 0.2) is 18.5 Å². The van der Waals surface area contributed by atoms with Crippen LogP contribution >= 0.6 is 11.6 Å². The molecule has 0 aliphatic rings. The summed E-state index contributed by atoms with van der Waals surface area (Å²) in [5.41, 5.74) is 6.31. The average molecular weight is 296 g/mol. The molecule has 4 N–H and O–H groups in total. The molecule has 0 amide bonds. The zero-order chi connectivity index (χ0) is 14.7. The molecule has 0 spiro atoms. The number of aryl methyl sites for hydroxylation is 1. The van der Waals surface area contributed by atoms with Gasteiger partial charge in [-0.1, -0.05) is 11.6 Å². The van der Waals surface area contributed by atoms with Gasteiger partial charge in [-0.3, -0.25) is 0 Å². The molecule has 1 aromatic carbocycles. The van der Waals surface area contributed by atoms with Crippen molar-refractivity contribution < 1.29 is 9.90 Å². The van der Waals surface area contributed by atoms with Gasteiger partial charge in [0.25, 0.3) is 0 Å². The summed E-state index contributed by atoms with van der Waals surface area (Å²) in [6.45, 7) is 0.483. The van der Waals surface area contributed by atoms with E-state index in [1.54, 1.807) is 10.9 Å². The Kier molecular flexibility index (Phi) is 4.09. The smallest absolute Gasteiger partial charge is 0.337 e. The second kappa shape index (κ2) is 5.79. The van der Waals surface area contributed by atoms with E-state index in [0.717, 1.165) is 5.82 Å². The molecule has 0 atom stereocenters. The summed E-state index contributed by atoms with van der Waals surface area (Å²) in [6, 6.07) is 2.89. The zero-order valence-corrected chi connectivity index (χ0v) is 11.6. The van der Waals surface area contributed by atoms with Crippen molar-refractivity contribution in [2.24, 2.45) is 7.05 Å². The normalized spacial score (nSPS) is 10.5. The number of hydrogen-bond donors (Lipinski definition) is 3. The third-order valence-electron chi connectivity index (χ3n) is 2.80. The number of nitrogens with zero attached hydrogens (tertiary/aromatic N) is 3. The van der Waals surface area contributed by atoms with Gasteiger partial charge >= 0.3 is 5.97 Å². The number of nitrogen functional groups attached to an aromatic ring is 1. The van der Waals surface area contributed by atoms with E-state index in [0.29, 0.717) is 24.3 Å². The number of nitrogens with one attached hydrogen (secondary N) is 1. The Labute approximate surface area is 120 Å². The number of benzene rings is 1. The number of carboxylic acids is 1. The van der Waals surface area contributed by atoms with Crippen molar-refractivity contribution >= 4 is 28.9 Å². The predicted molar refractivity (Wildman–Crippen MR) is 76.0 cm³/mol. The minimum atomic E-state index is -1.08. The molecule has 2 aromatic rings. The minimum Gasteiger partial charge on any atom is -0.478 e. The molecule has 0 fully saturated rings. The Balaban J connectivity index is 2.13. The van der Waals surface area contributed by atoms with Crippen molar-refractivity contribution in [2.75, 3.05) is 17.6 Å². The van der Waals surface area contributed by atoms with Crippen molar-refractivity contribution in [3.63, 3.8) is 0 Å². The highest BCUT2D eigenvalue weighted by Gasteiger charge is 2.14. The van der Waals surface area contributed by atoms with E-state index in [9.17, 15) is 4.79 Å². The van der Waals surface area contributed by atoms with Gasteiger partial charge in [0.1, 0.15) is 12.2 Å². The van der Waals surface area contributed by atoms with Crippen molar-refractivity contribution in [1.82, 2.24) is 14.8 Å². The molecule has 1 aromatic heterocycles. The van der Waals surface area contributed by atoms with Crippen molar-refractivity contribution in [3.05, 3.63) is 34.9 Å². The second-order valence-corrected chi connectivity index (χ2v) is 4.67. The number of hydrogen-bond acceptors (Lipinski definition) is 5. The first kappa shape index (κ1) is 14.1. The lowest BCUT2D eigenvalue weighted by Crippen LogP contribution is -2.12. The molecule has 7 nitrogen and oxygen atoms in total. The highest BCUT2D eigenvalue weighted by Crippen LogP contribution is 2.29. The van der Waals surface area contributed by atoms with E-state index in [4.69, 9.17) is 22.4 Å². The van der Waals surface area contributed by atoms with Gasteiger partial charge in [-0.2, -0.15) is 0 Å². The number of aromatic nitrogens is 3. The van der Waals surface area contributed by atoms with Crippen LogP contribution in [0, 0.1) is 0 Å². The second-order valence-electron chi connectivity index (χ2n) is 4.27. The standard InChI is InChI=1S/C12H14ClN5O2/c1-18-6-16-17-10(18)2-3-15-11-8(12(19)20)4-7(14)5-9(11)13/h4-6,15H,2-3,14H2,1H3,(H,19,20). The highest BCUT2D eigenvalue weighted by molar-refractivity contribution is 6.34. The van der Waals surface area contributed by atoms with E-state index in [2.05, 4.69) is 15.5 Å². The lowest BCUT2D eigenvalue weighted by molar-refractivity contribution is 0.0698. The van der Waals surface area contributed by atoms with Gasteiger partial charge in [-0.15, -0.1) is 10.2 Å². The van der Waals surface area contributed by atoms with Gasteiger partial charge in [-0.25, -0.2) is 4.79 Å². The Morgan fingerprint density at radius 1 is 1.55 bits per heavy atom.